The van der Waals surface area contributed by atoms with E-state index in [0.717, 1.165) is 18.0 Å². The Bertz CT molecular complexity index is 1460. The van der Waals surface area contributed by atoms with Crippen molar-refractivity contribution in [2.45, 2.75) is 39.5 Å². The highest BCUT2D eigenvalue weighted by Gasteiger charge is 2.28. The molecule has 0 aliphatic carbocycles. The highest BCUT2D eigenvalue weighted by atomic mass is 19.1. The van der Waals surface area contributed by atoms with Crippen LogP contribution in [-0.4, -0.2) is 35.4 Å². The number of amides is 2. The minimum Gasteiger partial charge on any atom is -0.482 e. The largest absolute Gasteiger partial charge is 0.482 e. The van der Waals surface area contributed by atoms with Crippen LogP contribution in [0.15, 0.2) is 53.5 Å². The van der Waals surface area contributed by atoms with Crippen LogP contribution in [0.2, 0.25) is 0 Å². The average molecular weight is 562 g/mol. The van der Waals surface area contributed by atoms with E-state index in [4.69, 9.17) is 14.2 Å². The summed E-state index contributed by atoms with van der Waals surface area (Å²) in [7, 11) is 1.03. The number of hydrogen-bond donors (Lipinski definition) is 2. The number of nitrogens with one attached hydrogen (secondary N) is 2. The molecule has 2 amide bonds. The van der Waals surface area contributed by atoms with Crippen LogP contribution in [0.3, 0.4) is 0 Å². The molecule has 1 aromatic heterocycles. The predicted molar refractivity (Wildman–Crippen MR) is 136 cm³/mol. The number of halogens is 3. The number of esters is 1. The summed E-state index contributed by atoms with van der Waals surface area (Å²) in [5.41, 5.74) is -1.10. The van der Waals surface area contributed by atoms with Gasteiger partial charge in [-0.25, -0.2) is 32.9 Å². The Morgan fingerprint density at radius 2 is 1.62 bits per heavy atom. The van der Waals surface area contributed by atoms with Gasteiger partial charge in [-0.15, -0.1) is 0 Å². The molecule has 0 aliphatic heterocycles. The second-order valence-electron chi connectivity index (χ2n) is 9.33. The molecule has 212 valence electrons. The molecule has 1 heterocycles. The molecule has 0 aliphatic rings. The molecule has 3 rings (SSSR count). The third-order valence-corrected chi connectivity index (χ3v) is 5.16. The maximum absolute atomic E-state index is 14.1. The van der Waals surface area contributed by atoms with Crippen LogP contribution < -0.4 is 20.9 Å². The average Bonchev–Trinajstić information content (AvgIpc) is 2.86. The Balaban J connectivity index is 2.07. The highest BCUT2D eigenvalue weighted by Crippen LogP contribution is 2.19. The molecule has 40 heavy (non-hydrogen) atoms. The van der Waals surface area contributed by atoms with Gasteiger partial charge < -0.3 is 19.5 Å². The van der Waals surface area contributed by atoms with Crippen LogP contribution in [0.25, 0.3) is 0 Å². The number of ether oxygens (including phenoxy) is 3. The molecule has 10 nitrogen and oxygen atoms in total. The number of aromatic nitrogens is 1. The Kier molecular flexibility index (Phi) is 9.19. The molecule has 13 heteroatoms. The second-order valence-corrected chi connectivity index (χ2v) is 9.33. The van der Waals surface area contributed by atoms with Gasteiger partial charge in [-0.05, 0) is 26.3 Å². The number of rotatable bonds is 8. The number of methoxy groups -OCH3 is 1. The van der Waals surface area contributed by atoms with Gasteiger partial charge in [-0.3, -0.25) is 9.59 Å². The van der Waals surface area contributed by atoms with E-state index >= 15 is 0 Å². The molecule has 2 N–H and O–H groups in total. The maximum Gasteiger partial charge on any atom is 0.426 e. The third kappa shape index (κ3) is 7.40. The molecule has 0 spiro atoms. The van der Waals surface area contributed by atoms with Crippen LogP contribution >= 0.6 is 0 Å². The van der Waals surface area contributed by atoms with E-state index in [9.17, 15) is 32.3 Å². The zero-order valence-electron chi connectivity index (χ0n) is 22.0. The summed E-state index contributed by atoms with van der Waals surface area (Å²) in [5.74, 6) is -6.56. The lowest BCUT2D eigenvalue weighted by atomic mass is 10.1. The Hall–Kier alpha value is -4.81. The number of hydrogen-bond acceptors (Lipinski definition) is 7. The number of pyridine rings is 1. The van der Waals surface area contributed by atoms with E-state index in [1.807, 2.05) is 0 Å². The number of carbonyl (C=O) groups excluding carboxylic acids is 3. The first-order valence-electron chi connectivity index (χ1n) is 11.8. The smallest absolute Gasteiger partial charge is 0.426 e. The lowest BCUT2D eigenvalue weighted by Crippen LogP contribution is -2.37. The van der Waals surface area contributed by atoms with Crippen molar-refractivity contribution < 1.29 is 41.8 Å². The van der Waals surface area contributed by atoms with Gasteiger partial charge in [0.1, 0.15) is 35.2 Å². The van der Waals surface area contributed by atoms with Gasteiger partial charge in [-0.2, -0.15) is 0 Å². The summed E-state index contributed by atoms with van der Waals surface area (Å²) in [6.45, 7) is 3.78. The number of carbonyl (C=O) groups is 3. The van der Waals surface area contributed by atoms with E-state index < -0.39 is 75.6 Å². The zero-order chi connectivity index (χ0) is 29.6. The Morgan fingerprint density at radius 3 is 2.20 bits per heavy atom. The first kappa shape index (κ1) is 29.7. The van der Waals surface area contributed by atoms with Crippen LogP contribution in [0, 0.1) is 17.5 Å². The first-order valence-corrected chi connectivity index (χ1v) is 11.8. The predicted octanol–water partition coefficient (Wildman–Crippen LogP) is 4.04. The van der Waals surface area contributed by atoms with Crippen molar-refractivity contribution in [1.29, 1.82) is 0 Å². The van der Waals surface area contributed by atoms with Crippen molar-refractivity contribution in [2.24, 2.45) is 0 Å². The molecule has 0 unspecified atom stereocenters. The third-order valence-electron chi connectivity index (χ3n) is 5.16. The van der Waals surface area contributed by atoms with Gasteiger partial charge in [0.05, 0.1) is 7.11 Å². The van der Waals surface area contributed by atoms with Crippen LogP contribution in [0.4, 0.5) is 18.0 Å². The van der Waals surface area contributed by atoms with E-state index in [0.29, 0.717) is 17.7 Å². The molecule has 0 atom stereocenters. The standard InChI is InChI=1S/C27H26F3N3O7/c1-27(2,3)40-26(37)32-33-13-18(24(35)31-12-17-19(29)10-16(28)11-20(17)30)22(34)23(21(33)25(36)38-4)39-14-15-8-6-5-7-9-15/h5-11,13H,12,14H2,1-4H3,(H,31,35)(H,32,37). The fourth-order valence-electron chi connectivity index (χ4n) is 3.40. The number of benzene rings is 2. The fraction of sp³-hybridized carbons (Fsp3) is 0.259. The van der Waals surface area contributed by atoms with Crippen LogP contribution in [0.1, 0.15) is 52.7 Å². The maximum atomic E-state index is 14.1. The Labute approximate surface area is 226 Å². The van der Waals surface area contributed by atoms with E-state index in [2.05, 4.69) is 10.7 Å². The lowest BCUT2D eigenvalue weighted by molar-refractivity contribution is 0.0572. The molecular weight excluding hydrogens is 535 g/mol. The summed E-state index contributed by atoms with van der Waals surface area (Å²) < 4.78 is 57.7. The monoisotopic (exact) mass is 561 g/mol. The molecule has 0 bridgehead atoms. The summed E-state index contributed by atoms with van der Waals surface area (Å²) in [5, 5.41) is 2.17. The minimum absolute atomic E-state index is 0.219. The van der Waals surface area contributed by atoms with Crippen molar-refractivity contribution in [3.8, 4) is 5.75 Å². The highest BCUT2D eigenvalue weighted by molar-refractivity contribution is 5.97. The van der Waals surface area contributed by atoms with Gasteiger partial charge >= 0.3 is 12.1 Å². The van der Waals surface area contributed by atoms with Crippen molar-refractivity contribution in [3.63, 3.8) is 0 Å². The molecule has 0 saturated carbocycles. The first-order chi connectivity index (χ1) is 18.8. The van der Waals surface area contributed by atoms with Crippen molar-refractivity contribution in [2.75, 3.05) is 12.5 Å². The summed E-state index contributed by atoms with van der Waals surface area (Å²) in [6, 6.07) is 9.39. The zero-order valence-corrected chi connectivity index (χ0v) is 22.0. The minimum atomic E-state index is -1.25. The molecule has 0 fully saturated rings. The summed E-state index contributed by atoms with van der Waals surface area (Å²) in [6.07, 6.45) is -0.252. The van der Waals surface area contributed by atoms with Crippen molar-refractivity contribution in [3.05, 3.63) is 98.7 Å². The molecule has 3 aromatic rings. The Morgan fingerprint density at radius 1 is 1.00 bits per heavy atom. The van der Waals surface area contributed by atoms with Crippen molar-refractivity contribution >= 4 is 18.0 Å². The summed E-state index contributed by atoms with van der Waals surface area (Å²) >= 11 is 0. The normalized spacial score (nSPS) is 11.0. The molecular formula is C27H26F3N3O7. The van der Waals surface area contributed by atoms with Crippen LogP contribution in [-0.2, 0) is 22.6 Å². The van der Waals surface area contributed by atoms with Gasteiger partial charge in [0.2, 0.25) is 11.2 Å². The molecule has 0 radical (unpaired) electrons. The van der Waals surface area contributed by atoms with Gasteiger partial charge in [-0.1, -0.05) is 30.3 Å². The quantitative estimate of drug-likeness (QED) is 0.398. The van der Waals surface area contributed by atoms with E-state index in [1.165, 1.54) is 0 Å². The second kappa shape index (κ2) is 12.4. The van der Waals surface area contributed by atoms with E-state index in [-0.39, 0.29) is 6.61 Å². The molecule has 0 saturated heterocycles. The topological polar surface area (TPSA) is 125 Å². The fourth-order valence-corrected chi connectivity index (χ4v) is 3.40. The van der Waals surface area contributed by atoms with Crippen molar-refractivity contribution in [1.82, 2.24) is 9.99 Å². The molecule has 2 aromatic carbocycles. The van der Waals surface area contributed by atoms with Gasteiger partial charge in [0, 0.05) is 30.4 Å². The lowest BCUT2D eigenvalue weighted by Gasteiger charge is -2.22. The summed E-state index contributed by atoms with van der Waals surface area (Å²) in [4.78, 5) is 51.6. The SMILES string of the molecule is COC(=O)c1c(OCc2ccccc2)c(=O)c(C(=O)NCc2c(F)cc(F)cc2F)cn1NC(=O)OC(C)(C)C. The van der Waals surface area contributed by atoms with E-state index in [1.54, 1.807) is 51.1 Å². The van der Waals surface area contributed by atoms with Gasteiger partial charge in [0.25, 0.3) is 5.91 Å². The van der Waals surface area contributed by atoms with Gasteiger partial charge in [0.15, 0.2) is 5.69 Å². The van der Waals surface area contributed by atoms with Crippen LogP contribution in [0.5, 0.6) is 5.75 Å². The number of nitrogens with zero attached hydrogens (tertiary/aromatic N) is 1.